The van der Waals surface area contributed by atoms with Gasteiger partial charge in [0.1, 0.15) is 0 Å². The summed E-state index contributed by atoms with van der Waals surface area (Å²) in [5, 5.41) is 0.587. The lowest BCUT2D eigenvalue weighted by atomic mass is 10.2. The van der Waals surface area contributed by atoms with Crippen LogP contribution in [0.1, 0.15) is 17.3 Å². The predicted molar refractivity (Wildman–Crippen MR) is 55.2 cm³/mol. The van der Waals surface area contributed by atoms with Gasteiger partial charge in [-0.15, -0.1) is 0 Å². The van der Waals surface area contributed by atoms with Gasteiger partial charge in [0, 0.05) is 17.0 Å². The molecular formula is C9H9BrN2O2. The van der Waals surface area contributed by atoms with E-state index in [1.807, 2.05) is 0 Å². The summed E-state index contributed by atoms with van der Waals surface area (Å²) < 4.78 is 0.862. The standard InChI is InChI=1S/C9H9BrN2O2/c1-6(13)12(11)9(14)7-2-4-8(10)5-3-7/h2-5H,11H2,1H3. The maximum absolute atomic E-state index is 11.5. The molecule has 0 aromatic heterocycles. The van der Waals surface area contributed by atoms with Gasteiger partial charge in [-0.25, -0.2) is 10.9 Å². The van der Waals surface area contributed by atoms with Gasteiger partial charge in [-0.2, -0.15) is 0 Å². The van der Waals surface area contributed by atoms with Crippen LogP contribution in [0.5, 0.6) is 0 Å². The van der Waals surface area contributed by atoms with Gasteiger partial charge in [0.25, 0.3) is 5.91 Å². The summed E-state index contributed by atoms with van der Waals surface area (Å²) in [6, 6.07) is 6.60. The zero-order valence-electron chi connectivity index (χ0n) is 7.53. The molecule has 0 heterocycles. The summed E-state index contributed by atoms with van der Waals surface area (Å²) in [5.74, 6) is 4.26. The van der Waals surface area contributed by atoms with E-state index in [1.54, 1.807) is 24.3 Å². The van der Waals surface area contributed by atoms with Crippen molar-refractivity contribution in [3.8, 4) is 0 Å². The zero-order chi connectivity index (χ0) is 10.7. The topological polar surface area (TPSA) is 63.4 Å². The van der Waals surface area contributed by atoms with E-state index in [9.17, 15) is 9.59 Å². The highest BCUT2D eigenvalue weighted by Gasteiger charge is 2.15. The van der Waals surface area contributed by atoms with Gasteiger partial charge in [-0.1, -0.05) is 15.9 Å². The second kappa shape index (κ2) is 4.34. The minimum atomic E-state index is -0.509. The summed E-state index contributed by atoms with van der Waals surface area (Å²) >= 11 is 3.24. The van der Waals surface area contributed by atoms with Crippen molar-refractivity contribution in [1.29, 1.82) is 0 Å². The van der Waals surface area contributed by atoms with Crippen molar-refractivity contribution in [2.75, 3.05) is 0 Å². The number of carbonyl (C=O) groups excluding carboxylic acids is 2. The fraction of sp³-hybridized carbons (Fsp3) is 0.111. The van der Waals surface area contributed by atoms with E-state index < -0.39 is 11.8 Å². The molecule has 1 aromatic carbocycles. The van der Waals surface area contributed by atoms with E-state index in [4.69, 9.17) is 5.84 Å². The van der Waals surface area contributed by atoms with Crippen LogP contribution in [-0.2, 0) is 4.79 Å². The molecule has 0 saturated heterocycles. The number of hydrazine groups is 1. The predicted octanol–water partition coefficient (Wildman–Crippen LogP) is 1.31. The van der Waals surface area contributed by atoms with Crippen LogP contribution >= 0.6 is 15.9 Å². The first-order valence-electron chi connectivity index (χ1n) is 3.87. The first kappa shape index (κ1) is 10.9. The number of hydrogen-bond donors (Lipinski definition) is 1. The number of rotatable bonds is 1. The van der Waals surface area contributed by atoms with Crippen molar-refractivity contribution in [3.05, 3.63) is 34.3 Å². The first-order valence-corrected chi connectivity index (χ1v) is 4.67. The average Bonchev–Trinajstić information content (AvgIpc) is 2.16. The van der Waals surface area contributed by atoms with Crippen LogP contribution in [0.2, 0.25) is 0 Å². The van der Waals surface area contributed by atoms with Crippen LogP contribution < -0.4 is 5.84 Å². The second-order valence-corrected chi connectivity index (χ2v) is 3.62. The quantitative estimate of drug-likeness (QED) is 0.468. The lowest BCUT2D eigenvalue weighted by Gasteiger charge is -2.11. The van der Waals surface area contributed by atoms with Crippen LogP contribution in [0, 0.1) is 0 Å². The van der Waals surface area contributed by atoms with Crippen molar-refractivity contribution < 1.29 is 9.59 Å². The van der Waals surface area contributed by atoms with E-state index in [1.165, 1.54) is 6.92 Å². The Bertz CT molecular complexity index is 362. The van der Waals surface area contributed by atoms with Gasteiger partial charge >= 0.3 is 0 Å². The molecule has 14 heavy (non-hydrogen) atoms. The molecule has 0 atom stereocenters. The number of hydrogen-bond acceptors (Lipinski definition) is 3. The molecule has 0 radical (unpaired) electrons. The first-order chi connectivity index (χ1) is 6.52. The van der Waals surface area contributed by atoms with Gasteiger partial charge < -0.3 is 0 Å². The number of nitrogens with two attached hydrogens (primary N) is 1. The van der Waals surface area contributed by atoms with Crippen LogP contribution in [0.15, 0.2) is 28.7 Å². The Morgan fingerprint density at radius 2 is 1.79 bits per heavy atom. The zero-order valence-corrected chi connectivity index (χ0v) is 9.11. The molecule has 4 nitrogen and oxygen atoms in total. The second-order valence-electron chi connectivity index (χ2n) is 2.70. The van der Waals surface area contributed by atoms with Crippen molar-refractivity contribution in [1.82, 2.24) is 5.01 Å². The highest BCUT2D eigenvalue weighted by Crippen LogP contribution is 2.11. The molecule has 2 amide bonds. The molecule has 2 N–H and O–H groups in total. The fourth-order valence-corrected chi connectivity index (χ4v) is 1.14. The average molecular weight is 257 g/mol. The molecule has 0 aliphatic heterocycles. The lowest BCUT2D eigenvalue weighted by Crippen LogP contribution is -2.41. The molecule has 0 bridgehead atoms. The molecule has 0 unspecified atom stereocenters. The van der Waals surface area contributed by atoms with Gasteiger partial charge in [-0.3, -0.25) is 9.59 Å². The minimum Gasteiger partial charge on any atom is -0.273 e. The van der Waals surface area contributed by atoms with E-state index >= 15 is 0 Å². The molecule has 1 rings (SSSR count). The van der Waals surface area contributed by atoms with Crippen molar-refractivity contribution in [2.45, 2.75) is 6.92 Å². The van der Waals surface area contributed by atoms with E-state index in [2.05, 4.69) is 15.9 Å². The van der Waals surface area contributed by atoms with Crippen molar-refractivity contribution in [3.63, 3.8) is 0 Å². The number of benzene rings is 1. The third-order valence-electron chi connectivity index (χ3n) is 1.65. The third-order valence-corrected chi connectivity index (χ3v) is 2.18. The maximum atomic E-state index is 11.5. The van der Waals surface area contributed by atoms with E-state index in [-0.39, 0.29) is 0 Å². The van der Waals surface area contributed by atoms with Crippen LogP contribution in [-0.4, -0.2) is 16.8 Å². The van der Waals surface area contributed by atoms with Gasteiger partial charge in [0.15, 0.2) is 0 Å². The Morgan fingerprint density at radius 3 is 2.21 bits per heavy atom. The Labute approximate surface area is 89.8 Å². The molecule has 74 valence electrons. The van der Waals surface area contributed by atoms with Crippen LogP contribution in [0.25, 0.3) is 0 Å². The Hall–Kier alpha value is -1.20. The van der Waals surface area contributed by atoms with Gasteiger partial charge in [0.2, 0.25) is 5.91 Å². The number of halogens is 1. The smallest absolute Gasteiger partial charge is 0.273 e. The Kier molecular flexibility index (Phi) is 3.38. The summed E-state index contributed by atoms with van der Waals surface area (Å²) in [6.07, 6.45) is 0. The highest BCUT2D eigenvalue weighted by atomic mass is 79.9. The van der Waals surface area contributed by atoms with Crippen molar-refractivity contribution in [2.24, 2.45) is 5.84 Å². The molecule has 0 saturated carbocycles. The Balaban J connectivity index is 2.90. The van der Waals surface area contributed by atoms with E-state index in [0.29, 0.717) is 10.6 Å². The largest absolute Gasteiger partial charge is 0.274 e. The summed E-state index contributed by atoms with van der Waals surface area (Å²) in [7, 11) is 0. The van der Waals surface area contributed by atoms with Gasteiger partial charge in [-0.05, 0) is 24.3 Å². The van der Waals surface area contributed by atoms with E-state index in [0.717, 1.165) is 4.47 Å². The summed E-state index contributed by atoms with van der Waals surface area (Å²) in [6.45, 7) is 1.23. The van der Waals surface area contributed by atoms with Crippen LogP contribution in [0.3, 0.4) is 0 Å². The summed E-state index contributed by atoms with van der Waals surface area (Å²) in [5.41, 5.74) is 0.380. The number of imide groups is 1. The molecule has 5 heteroatoms. The number of amides is 2. The SMILES string of the molecule is CC(=O)N(N)C(=O)c1ccc(Br)cc1. The molecular weight excluding hydrogens is 248 g/mol. The fourth-order valence-electron chi connectivity index (χ4n) is 0.875. The molecule has 0 aliphatic rings. The van der Waals surface area contributed by atoms with Gasteiger partial charge in [0.05, 0.1) is 0 Å². The normalized spacial score (nSPS) is 9.64. The maximum Gasteiger partial charge on any atom is 0.274 e. The monoisotopic (exact) mass is 256 g/mol. The minimum absolute atomic E-state index is 0.380. The van der Waals surface area contributed by atoms with Crippen LogP contribution in [0.4, 0.5) is 0 Å². The lowest BCUT2D eigenvalue weighted by molar-refractivity contribution is -0.126. The molecule has 0 fully saturated rings. The number of carbonyl (C=O) groups is 2. The molecule has 0 aliphatic carbocycles. The molecule has 0 spiro atoms. The number of nitrogens with zero attached hydrogens (tertiary/aromatic N) is 1. The molecule has 1 aromatic rings. The highest BCUT2D eigenvalue weighted by molar-refractivity contribution is 9.10. The third kappa shape index (κ3) is 2.40. The summed E-state index contributed by atoms with van der Waals surface area (Å²) in [4.78, 5) is 22.3. The van der Waals surface area contributed by atoms with Crippen molar-refractivity contribution >= 4 is 27.7 Å². The Morgan fingerprint density at radius 1 is 1.29 bits per heavy atom.